The molecule has 0 aliphatic carbocycles. The smallest absolute Gasteiger partial charge is 0.387 e. The van der Waals surface area contributed by atoms with Gasteiger partial charge in [-0.3, -0.25) is 4.99 Å². The Kier molecular flexibility index (Phi) is 6.81. The molecule has 0 saturated carbocycles. The van der Waals surface area contributed by atoms with Gasteiger partial charge in [-0.15, -0.1) is 11.3 Å². The summed E-state index contributed by atoms with van der Waals surface area (Å²) in [4.78, 5) is 5.27. The first-order chi connectivity index (χ1) is 15.5. The third-order valence-electron chi connectivity index (χ3n) is 4.64. The number of ether oxygens (including phenoxy) is 4. The lowest BCUT2D eigenvalue weighted by atomic mass is 10.1. The van der Waals surface area contributed by atoms with Gasteiger partial charge in [0.1, 0.15) is 5.75 Å². The monoisotopic (exact) mass is 461 g/mol. The number of methoxy groups -OCH3 is 1. The highest BCUT2D eigenvalue weighted by molar-refractivity contribution is 7.07. The molecule has 0 atom stereocenters. The largest absolute Gasteiger partial charge is 0.454 e. The summed E-state index contributed by atoms with van der Waals surface area (Å²) in [6, 6.07) is 12.1. The Labute approximate surface area is 187 Å². The van der Waals surface area contributed by atoms with E-state index in [1.807, 2.05) is 30.5 Å². The zero-order valence-electron chi connectivity index (χ0n) is 17.5. The first-order valence-electron chi connectivity index (χ1n) is 9.76. The van der Waals surface area contributed by atoms with Crippen LogP contribution in [0.4, 0.5) is 8.78 Å². The zero-order valence-corrected chi connectivity index (χ0v) is 18.3. The molecule has 0 unspecified atom stereocenters. The summed E-state index contributed by atoms with van der Waals surface area (Å²) in [5.41, 5.74) is 3.18. The third-order valence-corrected chi connectivity index (χ3v) is 5.50. The second-order valence-corrected chi connectivity index (χ2v) is 7.58. The molecule has 3 aromatic rings. The van der Waals surface area contributed by atoms with E-state index >= 15 is 0 Å². The van der Waals surface area contributed by atoms with Crippen molar-refractivity contribution >= 4 is 17.0 Å². The summed E-state index contributed by atoms with van der Waals surface area (Å²) in [6.07, 6.45) is 0. The Morgan fingerprint density at radius 3 is 2.69 bits per heavy atom. The second kappa shape index (κ2) is 9.92. The molecule has 1 aliphatic rings. The number of nitrogens with zero attached hydrogens (tertiary/aromatic N) is 3. The van der Waals surface area contributed by atoms with Crippen LogP contribution in [0.1, 0.15) is 12.5 Å². The molecule has 0 N–H and O–H groups in total. The third kappa shape index (κ3) is 4.97. The summed E-state index contributed by atoms with van der Waals surface area (Å²) in [6.45, 7) is 0.192. The normalized spacial score (nSPS) is 13.8. The summed E-state index contributed by atoms with van der Waals surface area (Å²) in [5.74, 6) is 1.47. The highest BCUT2D eigenvalue weighted by Gasteiger charge is 2.15. The maximum Gasteiger partial charge on any atom is 0.387 e. The van der Waals surface area contributed by atoms with E-state index in [1.54, 1.807) is 23.9 Å². The topological polar surface area (TPSA) is 66.6 Å². The number of benzene rings is 2. The molecule has 7 nitrogen and oxygen atoms in total. The van der Waals surface area contributed by atoms with Crippen molar-refractivity contribution in [1.29, 1.82) is 0 Å². The number of halogens is 2. The van der Waals surface area contributed by atoms with Crippen LogP contribution < -0.4 is 19.0 Å². The van der Waals surface area contributed by atoms with E-state index < -0.39 is 6.61 Å². The lowest BCUT2D eigenvalue weighted by Gasteiger charge is -2.08. The fraction of sp³-hybridized carbons (Fsp3) is 0.273. The Morgan fingerprint density at radius 1 is 1.16 bits per heavy atom. The number of hydrogen-bond donors (Lipinski definition) is 0. The van der Waals surface area contributed by atoms with Gasteiger partial charge in [0.05, 0.1) is 24.6 Å². The Balaban J connectivity index is 1.72. The van der Waals surface area contributed by atoms with Crippen molar-refractivity contribution in [2.45, 2.75) is 13.5 Å². The molecular formula is C22H21F2N3O4S. The molecule has 0 radical (unpaired) electrons. The van der Waals surface area contributed by atoms with E-state index in [9.17, 15) is 8.78 Å². The van der Waals surface area contributed by atoms with Gasteiger partial charge in [-0.25, -0.2) is 4.68 Å². The number of thiazole rings is 1. The predicted octanol–water partition coefficient (Wildman–Crippen LogP) is 4.37. The molecule has 1 aromatic heterocycles. The molecule has 0 bridgehead atoms. The van der Waals surface area contributed by atoms with Crippen molar-refractivity contribution in [2.75, 3.05) is 27.1 Å². The lowest BCUT2D eigenvalue weighted by Crippen LogP contribution is -2.15. The van der Waals surface area contributed by atoms with Gasteiger partial charge in [0.15, 0.2) is 11.5 Å². The van der Waals surface area contributed by atoms with Gasteiger partial charge in [0, 0.05) is 23.6 Å². The van der Waals surface area contributed by atoms with Crippen LogP contribution in [0.25, 0.3) is 11.3 Å². The molecule has 32 heavy (non-hydrogen) atoms. The lowest BCUT2D eigenvalue weighted by molar-refractivity contribution is -0.0498. The van der Waals surface area contributed by atoms with E-state index in [-0.39, 0.29) is 12.5 Å². The maximum absolute atomic E-state index is 12.5. The van der Waals surface area contributed by atoms with Crippen LogP contribution in [0.2, 0.25) is 0 Å². The second-order valence-electron chi connectivity index (χ2n) is 6.75. The van der Waals surface area contributed by atoms with Crippen LogP contribution in [0.5, 0.6) is 17.2 Å². The van der Waals surface area contributed by atoms with E-state index in [1.165, 1.54) is 23.5 Å². The number of aromatic nitrogens is 1. The van der Waals surface area contributed by atoms with Gasteiger partial charge in [0.2, 0.25) is 11.6 Å². The first kappa shape index (κ1) is 22.0. The molecule has 0 fully saturated rings. The van der Waals surface area contributed by atoms with Crippen LogP contribution >= 0.6 is 11.3 Å². The number of hydrogen-bond acceptors (Lipinski definition) is 7. The molecule has 1 aliphatic heterocycles. The van der Waals surface area contributed by atoms with E-state index in [0.29, 0.717) is 29.5 Å². The Morgan fingerprint density at radius 2 is 1.94 bits per heavy atom. The molecule has 0 saturated heterocycles. The van der Waals surface area contributed by atoms with Gasteiger partial charge in [-0.1, -0.05) is 0 Å². The highest BCUT2D eigenvalue weighted by Crippen LogP contribution is 2.33. The SMILES string of the molecule is COCCN=c1scc(-c2ccc(OC(F)F)cc2)n1N=C(C)c1ccc2c(c1)OCO2. The first-order valence-corrected chi connectivity index (χ1v) is 10.6. The van der Waals surface area contributed by atoms with Crippen LogP contribution in [0.15, 0.2) is 57.9 Å². The average Bonchev–Trinajstić information content (AvgIpc) is 3.41. The van der Waals surface area contributed by atoms with Crippen molar-refractivity contribution in [3.8, 4) is 28.5 Å². The van der Waals surface area contributed by atoms with Gasteiger partial charge < -0.3 is 18.9 Å². The van der Waals surface area contributed by atoms with E-state index in [4.69, 9.17) is 19.3 Å². The zero-order chi connectivity index (χ0) is 22.5. The van der Waals surface area contributed by atoms with Gasteiger partial charge in [-0.2, -0.15) is 13.9 Å². The van der Waals surface area contributed by atoms with Crippen LogP contribution in [-0.4, -0.2) is 44.1 Å². The number of rotatable bonds is 8. The maximum atomic E-state index is 12.5. The summed E-state index contributed by atoms with van der Waals surface area (Å²) in [7, 11) is 1.62. The van der Waals surface area contributed by atoms with Crippen LogP contribution in [-0.2, 0) is 4.74 Å². The summed E-state index contributed by atoms with van der Waals surface area (Å²) < 4.78 is 47.1. The van der Waals surface area contributed by atoms with Crippen LogP contribution in [0.3, 0.4) is 0 Å². The molecule has 0 spiro atoms. The van der Waals surface area contributed by atoms with Gasteiger partial charge in [-0.05, 0) is 49.4 Å². The van der Waals surface area contributed by atoms with Crippen molar-refractivity contribution < 1.29 is 27.7 Å². The predicted molar refractivity (Wildman–Crippen MR) is 117 cm³/mol. The van der Waals surface area contributed by atoms with Gasteiger partial charge >= 0.3 is 6.61 Å². The minimum Gasteiger partial charge on any atom is -0.454 e. The molecular weight excluding hydrogens is 440 g/mol. The fourth-order valence-corrected chi connectivity index (χ4v) is 3.93. The van der Waals surface area contributed by atoms with Crippen LogP contribution in [0, 0.1) is 0 Å². The molecule has 2 heterocycles. The van der Waals surface area contributed by atoms with Gasteiger partial charge in [0.25, 0.3) is 0 Å². The fourth-order valence-electron chi connectivity index (χ4n) is 3.07. The molecule has 0 amide bonds. The number of alkyl halides is 2. The molecule has 168 valence electrons. The quantitative estimate of drug-likeness (QED) is 0.369. The standard InChI is InChI=1S/C22H21F2N3O4S/c1-14(16-5-8-19-20(11-16)30-13-29-19)26-27-18(12-32-22(27)25-9-10-28-2)15-3-6-17(7-4-15)31-21(23)24/h3-8,11-12,21H,9-10,13H2,1-2H3. The summed E-state index contributed by atoms with van der Waals surface area (Å²) >= 11 is 1.43. The van der Waals surface area contributed by atoms with E-state index in [0.717, 1.165) is 22.5 Å². The van der Waals surface area contributed by atoms with E-state index in [2.05, 4.69) is 9.73 Å². The summed E-state index contributed by atoms with van der Waals surface area (Å²) in [5, 5.41) is 6.72. The Hall–Kier alpha value is -3.24. The number of fused-ring (bicyclic) bond motifs is 1. The minimum absolute atomic E-state index is 0.0931. The average molecular weight is 461 g/mol. The highest BCUT2D eigenvalue weighted by atomic mass is 32.1. The molecule has 10 heteroatoms. The van der Waals surface area contributed by atoms with Crippen molar-refractivity contribution in [2.24, 2.45) is 10.1 Å². The molecule has 4 rings (SSSR count). The molecule has 2 aromatic carbocycles. The van der Waals surface area contributed by atoms with Crippen molar-refractivity contribution in [1.82, 2.24) is 4.68 Å². The van der Waals surface area contributed by atoms with Crippen molar-refractivity contribution in [3.05, 3.63) is 58.2 Å². The minimum atomic E-state index is -2.87. The van der Waals surface area contributed by atoms with Crippen molar-refractivity contribution in [3.63, 3.8) is 0 Å². The Bertz CT molecular complexity index is 1170.